The number of hydrogen-bond donors (Lipinski definition) is 0. The zero-order valence-electron chi connectivity index (χ0n) is 13.8. The molecule has 0 fully saturated rings. The van der Waals surface area contributed by atoms with E-state index in [2.05, 4.69) is 19.9 Å². The van der Waals surface area contributed by atoms with Crippen molar-refractivity contribution in [3.05, 3.63) is 60.7 Å². The third-order valence-corrected chi connectivity index (χ3v) is 3.82. The molecule has 0 unspecified atom stereocenters. The van der Waals surface area contributed by atoms with E-state index in [0.29, 0.717) is 22.9 Å². The highest BCUT2D eigenvalue weighted by Crippen LogP contribution is 2.34. The third-order valence-electron chi connectivity index (χ3n) is 3.82. The van der Waals surface area contributed by atoms with Gasteiger partial charge in [0.2, 0.25) is 0 Å². The molecular formula is C19H15N5O. The molecule has 0 spiro atoms. The Balaban J connectivity index is 2.09. The zero-order valence-corrected chi connectivity index (χ0v) is 13.8. The van der Waals surface area contributed by atoms with Crippen LogP contribution < -0.4 is 4.74 Å². The van der Waals surface area contributed by atoms with Crippen LogP contribution in [-0.2, 0) is 0 Å². The van der Waals surface area contributed by atoms with E-state index in [0.717, 1.165) is 22.3 Å². The van der Waals surface area contributed by atoms with Crippen LogP contribution in [0.4, 0.5) is 0 Å². The molecule has 122 valence electrons. The smallest absolute Gasteiger partial charge is 0.182 e. The molecule has 0 aliphatic carbocycles. The first-order valence-electron chi connectivity index (χ1n) is 7.81. The summed E-state index contributed by atoms with van der Waals surface area (Å²) in [6, 6.07) is 11.8. The van der Waals surface area contributed by atoms with Gasteiger partial charge in [0.25, 0.3) is 0 Å². The number of ether oxygens (including phenoxy) is 1. The summed E-state index contributed by atoms with van der Waals surface area (Å²) in [7, 11) is 1.64. The number of methoxy groups -OCH3 is 1. The van der Waals surface area contributed by atoms with Crippen LogP contribution in [0.2, 0.25) is 0 Å². The van der Waals surface area contributed by atoms with Gasteiger partial charge in [-0.1, -0.05) is 30.3 Å². The molecule has 0 amide bonds. The number of aryl methyl sites for hydroxylation is 1. The van der Waals surface area contributed by atoms with Crippen LogP contribution in [0.5, 0.6) is 5.75 Å². The monoisotopic (exact) mass is 329 g/mol. The molecule has 4 rings (SSSR count). The summed E-state index contributed by atoms with van der Waals surface area (Å²) in [6.45, 7) is 1.91. The molecule has 1 aromatic carbocycles. The molecule has 4 aromatic rings. The van der Waals surface area contributed by atoms with Crippen LogP contribution in [0.3, 0.4) is 0 Å². The fraction of sp³-hybridized carbons (Fsp3) is 0.105. The van der Waals surface area contributed by atoms with Gasteiger partial charge in [-0.3, -0.25) is 4.98 Å². The minimum absolute atomic E-state index is 0.486. The number of fused-ring (bicyclic) bond motifs is 1. The molecule has 3 heterocycles. The molecule has 0 N–H and O–H groups in total. The second-order valence-electron chi connectivity index (χ2n) is 5.52. The van der Waals surface area contributed by atoms with Gasteiger partial charge in [-0.25, -0.2) is 19.9 Å². The first-order valence-corrected chi connectivity index (χ1v) is 7.81. The lowest BCUT2D eigenvalue weighted by Crippen LogP contribution is -2.01. The summed E-state index contributed by atoms with van der Waals surface area (Å²) < 4.78 is 5.57. The lowest BCUT2D eigenvalue weighted by Gasteiger charge is -2.12. The van der Waals surface area contributed by atoms with Gasteiger partial charge in [0, 0.05) is 29.7 Å². The van der Waals surface area contributed by atoms with Gasteiger partial charge in [-0.05, 0) is 6.92 Å². The molecule has 0 aliphatic rings. The molecule has 0 aliphatic heterocycles. The molecule has 6 nitrogen and oxygen atoms in total. The maximum absolute atomic E-state index is 5.57. The topological polar surface area (TPSA) is 73.7 Å². The van der Waals surface area contributed by atoms with Crippen molar-refractivity contribution in [2.24, 2.45) is 0 Å². The van der Waals surface area contributed by atoms with Gasteiger partial charge in [-0.15, -0.1) is 0 Å². The standard InChI is InChI=1S/C19H15N5O/c1-12-10-15(25-2)16-17(13-6-4-3-5-7-13)23-18(24-19(16)22-12)14-11-20-8-9-21-14/h3-11H,1-2H3. The van der Waals surface area contributed by atoms with E-state index in [1.54, 1.807) is 25.7 Å². The summed E-state index contributed by atoms with van der Waals surface area (Å²) in [4.78, 5) is 22.3. The first kappa shape index (κ1) is 15.1. The molecule has 25 heavy (non-hydrogen) atoms. The van der Waals surface area contributed by atoms with Crippen LogP contribution in [0.15, 0.2) is 55.0 Å². The van der Waals surface area contributed by atoms with E-state index in [9.17, 15) is 0 Å². The van der Waals surface area contributed by atoms with E-state index in [-0.39, 0.29) is 0 Å². The number of benzene rings is 1. The highest BCUT2D eigenvalue weighted by atomic mass is 16.5. The molecule has 0 saturated carbocycles. The number of aromatic nitrogens is 5. The largest absolute Gasteiger partial charge is 0.496 e. The molecule has 0 bridgehead atoms. The van der Waals surface area contributed by atoms with Crippen molar-refractivity contribution in [3.63, 3.8) is 0 Å². The minimum atomic E-state index is 0.486. The van der Waals surface area contributed by atoms with E-state index < -0.39 is 0 Å². The average Bonchev–Trinajstić information content (AvgIpc) is 2.67. The molecule has 3 aromatic heterocycles. The highest BCUT2D eigenvalue weighted by Gasteiger charge is 2.17. The van der Waals surface area contributed by atoms with E-state index in [1.807, 2.05) is 43.3 Å². The van der Waals surface area contributed by atoms with E-state index in [4.69, 9.17) is 9.72 Å². The Labute approximate surface area is 144 Å². The second-order valence-corrected chi connectivity index (χ2v) is 5.52. The van der Waals surface area contributed by atoms with Crippen molar-refractivity contribution >= 4 is 11.0 Å². The Hall–Kier alpha value is -3.41. The Morgan fingerprint density at radius 2 is 1.80 bits per heavy atom. The van der Waals surface area contributed by atoms with E-state index in [1.165, 1.54) is 0 Å². The van der Waals surface area contributed by atoms with E-state index >= 15 is 0 Å². The Kier molecular flexibility index (Phi) is 3.78. The number of pyridine rings is 1. The zero-order chi connectivity index (χ0) is 17.2. The van der Waals surface area contributed by atoms with Gasteiger partial charge in [0.1, 0.15) is 11.4 Å². The molecule has 6 heteroatoms. The number of rotatable bonds is 3. The van der Waals surface area contributed by atoms with Crippen molar-refractivity contribution in [3.8, 4) is 28.5 Å². The Bertz CT molecular complexity index is 1040. The predicted octanol–water partition coefficient (Wildman–Crippen LogP) is 3.47. The SMILES string of the molecule is COc1cc(C)nc2nc(-c3cnccn3)nc(-c3ccccc3)c12. The number of hydrogen-bond acceptors (Lipinski definition) is 6. The lowest BCUT2D eigenvalue weighted by atomic mass is 10.1. The van der Waals surface area contributed by atoms with Crippen LogP contribution in [-0.4, -0.2) is 32.0 Å². The van der Waals surface area contributed by atoms with Crippen molar-refractivity contribution in [2.75, 3.05) is 7.11 Å². The van der Waals surface area contributed by atoms with Crippen molar-refractivity contribution in [1.29, 1.82) is 0 Å². The van der Waals surface area contributed by atoms with Crippen LogP contribution >= 0.6 is 0 Å². The van der Waals surface area contributed by atoms with Gasteiger partial charge >= 0.3 is 0 Å². The molecular weight excluding hydrogens is 314 g/mol. The Morgan fingerprint density at radius 3 is 2.52 bits per heavy atom. The summed E-state index contributed by atoms with van der Waals surface area (Å²) in [5.41, 5.74) is 3.72. The fourth-order valence-electron chi connectivity index (χ4n) is 2.71. The van der Waals surface area contributed by atoms with Crippen molar-refractivity contribution in [1.82, 2.24) is 24.9 Å². The lowest BCUT2D eigenvalue weighted by molar-refractivity contribution is 0.419. The van der Waals surface area contributed by atoms with Crippen molar-refractivity contribution < 1.29 is 4.74 Å². The quantitative estimate of drug-likeness (QED) is 0.573. The van der Waals surface area contributed by atoms with Gasteiger partial charge in [0.05, 0.1) is 24.4 Å². The van der Waals surface area contributed by atoms with Crippen molar-refractivity contribution in [2.45, 2.75) is 6.92 Å². The molecule has 0 radical (unpaired) electrons. The summed E-state index contributed by atoms with van der Waals surface area (Å²) in [5, 5.41) is 0.784. The predicted molar refractivity (Wildman–Crippen MR) is 95.1 cm³/mol. The van der Waals surface area contributed by atoms with Gasteiger partial charge < -0.3 is 4.74 Å². The normalized spacial score (nSPS) is 10.8. The number of nitrogens with zero attached hydrogens (tertiary/aromatic N) is 5. The maximum Gasteiger partial charge on any atom is 0.182 e. The first-order chi connectivity index (χ1) is 12.3. The second kappa shape index (κ2) is 6.24. The molecule has 0 atom stereocenters. The van der Waals surface area contributed by atoms with Crippen LogP contribution in [0.1, 0.15) is 5.69 Å². The Morgan fingerprint density at radius 1 is 0.960 bits per heavy atom. The summed E-state index contributed by atoms with van der Waals surface area (Å²) >= 11 is 0. The third kappa shape index (κ3) is 2.78. The summed E-state index contributed by atoms with van der Waals surface area (Å²) in [5.74, 6) is 1.19. The molecule has 0 saturated heterocycles. The maximum atomic E-state index is 5.57. The van der Waals surface area contributed by atoms with Gasteiger partial charge in [0.15, 0.2) is 11.5 Å². The van der Waals surface area contributed by atoms with Gasteiger partial charge in [-0.2, -0.15) is 0 Å². The highest BCUT2D eigenvalue weighted by molar-refractivity contribution is 5.96. The summed E-state index contributed by atoms with van der Waals surface area (Å²) in [6.07, 6.45) is 4.88. The van der Waals surface area contributed by atoms with Crippen LogP contribution in [0.25, 0.3) is 33.8 Å². The average molecular weight is 329 g/mol. The fourth-order valence-corrected chi connectivity index (χ4v) is 2.71. The minimum Gasteiger partial charge on any atom is -0.496 e. The van der Waals surface area contributed by atoms with Crippen LogP contribution in [0, 0.1) is 6.92 Å².